The molecule has 36 heteroatoms. The van der Waals surface area contributed by atoms with Gasteiger partial charge in [-0.05, 0) is 18.1 Å². The topological polar surface area (TPSA) is 400 Å². The minimum Gasteiger partial charge on any atom is -0.406 e. The van der Waals surface area contributed by atoms with E-state index in [1.807, 2.05) is 33.9 Å². The first-order valence-corrected chi connectivity index (χ1v) is 35.5. The van der Waals surface area contributed by atoms with E-state index >= 15 is 0 Å². The minimum absolute atomic E-state index is 0.428. The molecular formula is C61H110O35Si. The molecule has 35 atom stereocenters. The summed E-state index contributed by atoms with van der Waals surface area (Å²) >= 11 is 0. The molecule has 0 aliphatic carbocycles. The first-order chi connectivity index (χ1) is 46.6. The van der Waals surface area contributed by atoms with E-state index < -0.39 is 275 Å². The summed E-state index contributed by atoms with van der Waals surface area (Å²) in [5, 5.41) is 78.2. The molecule has 0 radical (unpaired) electrons. The number of hydrogen-bond donors (Lipinski definition) is 7. The van der Waals surface area contributed by atoms with E-state index in [0.717, 1.165) is 0 Å². The standard InChI is InChI=1S/C61H110O35Si/c1-61(2,3)97(17,18)96-53-46(75-10)39-32(25-68)88-60(53)95-38-31(24-67)87-58(52(81-16)45(38)74-9)93-36-29(22-65)85-56(50(79-14)43(36)72-7)91-34-27(20-63)83-54(48(77-12)41(34)70-5)89-33-26(19-62)82-55(47(76-11)40(33)69-4)90-35-28(21-64)84-57(49(78-13)42(35)71-6)92-37-30(23-66)86-59(94-39)51(80-15)44(37)73-8/h26-60,62-68H,19-25H2,1-18H3/t26-,27-,28-,29-,30-,31-,32-,33-,34-,35-,36-,37-,38-,39-,40+,41-,42+,43-,44+,45-,46+,47-,48+,49-,50+,51-,52+,53-,54-,55-,56-,57-,58-,59-,60-/m1/s1. The highest BCUT2D eigenvalue weighted by atomic mass is 28.4. The largest absolute Gasteiger partial charge is 0.406 e. The maximum atomic E-state index is 11.4. The lowest BCUT2D eigenvalue weighted by Crippen LogP contribution is -2.70. The lowest BCUT2D eigenvalue weighted by atomic mass is 9.94. The SMILES string of the molecule is CO[C@@H]1[C@@H](OC)[C@H]2O[C@H]3[C@H](OC)[C@@H](OC)[C@@H](O[C@H]4[C@H](OC)[C@@H](OC)[C@@H](O[C@H]5[C@H](OC)[C@@H](O[Si](C)(C)C(C)(C)C)[C@@H](O[C@H]6[C@@H](OC)[C@H](OC)[C@@H](O[C@H]7[C@@H](OC)[C@H](OC)[C@@H](O[C@H]8[C@@H](OC)[C@H](OC)[C@@H](O[C@@H]1[C@@H](CO)O2)O[C@@H]8CO)O[C@@H]7CO)O[C@@H]6CO)O[C@@H]5CO)O[C@@H]4CO)O[C@@H]3CO. The van der Waals surface area contributed by atoms with Crippen LogP contribution in [-0.4, -0.2) is 398 Å². The van der Waals surface area contributed by atoms with Crippen molar-refractivity contribution in [3.63, 3.8) is 0 Å². The van der Waals surface area contributed by atoms with E-state index in [1.165, 1.54) is 92.4 Å². The summed E-state index contributed by atoms with van der Waals surface area (Å²) < 4.78 is 180. The third-order valence-electron chi connectivity index (χ3n) is 20.2. The van der Waals surface area contributed by atoms with E-state index in [2.05, 4.69) is 0 Å². The fraction of sp³-hybridized carbons (Fsp3) is 1.00. The monoisotopic (exact) mass is 1430 g/mol. The Morgan fingerprint density at radius 2 is 0.361 bits per heavy atom. The van der Waals surface area contributed by atoms with Crippen LogP contribution in [0.3, 0.4) is 0 Å². The van der Waals surface area contributed by atoms with Gasteiger partial charge < -0.3 is 168 Å². The predicted octanol–water partition coefficient (Wildman–Crippen LogP) is -3.70. The molecule has 0 unspecified atom stereocenters. The van der Waals surface area contributed by atoms with Crippen molar-refractivity contribution >= 4 is 8.32 Å². The van der Waals surface area contributed by atoms with Gasteiger partial charge in [0.1, 0.15) is 171 Å². The van der Waals surface area contributed by atoms with Crippen molar-refractivity contribution in [3.8, 4) is 0 Å². The van der Waals surface area contributed by atoms with E-state index in [1.54, 1.807) is 0 Å². The van der Waals surface area contributed by atoms with Gasteiger partial charge in [-0.3, -0.25) is 0 Å². The minimum atomic E-state index is -2.90. The molecule has 21 aliphatic rings. The number of aliphatic hydroxyl groups is 7. The van der Waals surface area contributed by atoms with Crippen LogP contribution in [0.2, 0.25) is 18.1 Å². The Balaban J connectivity index is 1.23. The molecule has 21 fully saturated rings. The molecule has 0 saturated carbocycles. The Morgan fingerprint density at radius 1 is 0.227 bits per heavy atom. The van der Waals surface area contributed by atoms with E-state index in [4.69, 9.17) is 132 Å². The van der Waals surface area contributed by atoms with E-state index in [0.29, 0.717) is 0 Å². The van der Waals surface area contributed by atoms with Crippen molar-refractivity contribution in [1.29, 1.82) is 0 Å². The van der Waals surface area contributed by atoms with Gasteiger partial charge in [0.25, 0.3) is 0 Å². The zero-order valence-corrected chi connectivity index (χ0v) is 59.7. The Morgan fingerprint density at radius 3 is 0.485 bits per heavy atom. The van der Waals surface area contributed by atoms with Gasteiger partial charge >= 0.3 is 0 Å². The summed E-state index contributed by atoms with van der Waals surface area (Å²) in [5.41, 5.74) is 0. The zero-order chi connectivity index (χ0) is 71.0. The van der Waals surface area contributed by atoms with Crippen LogP contribution < -0.4 is 0 Å². The molecule has 21 heterocycles. The fourth-order valence-corrected chi connectivity index (χ4v) is 15.5. The first kappa shape index (κ1) is 81.5. The molecule has 0 aromatic carbocycles. The highest BCUT2D eigenvalue weighted by Crippen LogP contribution is 2.45. The average Bonchev–Trinajstić information content (AvgIpc) is 0.775. The molecule has 0 aromatic rings. The molecule has 35 nitrogen and oxygen atoms in total. The van der Waals surface area contributed by atoms with Crippen LogP contribution in [0.4, 0.5) is 0 Å². The van der Waals surface area contributed by atoms with Crippen LogP contribution in [-0.2, 0) is 132 Å². The van der Waals surface area contributed by atoms with E-state index in [-0.39, 0.29) is 0 Å². The van der Waals surface area contributed by atoms with Crippen LogP contribution in [0.15, 0.2) is 0 Å². The highest BCUT2D eigenvalue weighted by Gasteiger charge is 2.62. The molecule has 0 spiro atoms. The molecule has 0 aromatic heterocycles. The molecule has 21 rings (SSSR count). The van der Waals surface area contributed by atoms with Crippen molar-refractivity contribution < 1.29 is 168 Å². The first-order valence-electron chi connectivity index (χ1n) is 32.6. The molecule has 568 valence electrons. The second kappa shape index (κ2) is 36.7. The van der Waals surface area contributed by atoms with Gasteiger partial charge in [-0.1, -0.05) is 20.8 Å². The maximum Gasteiger partial charge on any atom is 0.192 e. The lowest BCUT2D eigenvalue weighted by Gasteiger charge is -2.53. The predicted molar refractivity (Wildman–Crippen MR) is 327 cm³/mol. The van der Waals surface area contributed by atoms with Crippen LogP contribution in [0, 0.1) is 0 Å². The van der Waals surface area contributed by atoms with Gasteiger partial charge in [0.15, 0.2) is 52.3 Å². The van der Waals surface area contributed by atoms with Crippen molar-refractivity contribution in [2.24, 2.45) is 0 Å². The molecule has 0 amide bonds. The van der Waals surface area contributed by atoms with Gasteiger partial charge in [0, 0.05) is 92.4 Å². The quantitative estimate of drug-likeness (QED) is 0.0513. The summed E-state index contributed by atoms with van der Waals surface area (Å²) in [6, 6.07) is 0. The number of aliphatic hydroxyl groups excluding tert-OH is 7. The number of ether oxygens (including phenoxy) is 27. The third-order valence-corrected chi connectivity index (χ3v) is 24.7. The second-order valence-electron chi connectivity index (χ2n) is 26.2. The number of hydrogen-bond acceptors (Lipinski definition) is 35. The summed E-state index contributed by atoms with van der Waals surface area (Å²) in [6.45, 7) is 5.27. The van der Waals surface area contributed by atoms with Gasteiger partial charge in [0.05, 0.1) is 46.2 Å². The molecule has 14 bridgehead atoms. The maximum absolute atomic E-state index is 11.4. The summed E-state index contributed by atoms with van der Waals surface area (Å²) in [6.07, 6.45) is -43.9. The number of rotatable bonds is 22. The smallest absolute Gasteiger partial charge is 0.192 e. The van der Waals surface area contributed by atoms with Crippen molar-refractivity contribution in [2.45, 2.75) is 254 Å². The second-order valence-corrected chi connectivity index (χ2v) is 31.0. The molecule has 21 saturated heterocycles. The van der Waals surface area contributed by atoms with Crippen LogP contribution >= 0.6 is 0 Å². The summed E-state index contributed by atoms with van der Waals surface area (Å²) in [5.74, 6) is 0. The third kappa shape index (κ3) is 16.8. The fourth-order valence-electron chi connectivity index (χ4n) is 14.2. The van der Waals surface area contributed by atoms with Gasteiger partial charge in [-0.15, -0.1) is 0 Å². The van der Waals surface area contributed by atoms with Crippen molar-refractivity contribution in [3.05, 3.63) is 0 Å². The van der Waals surface area contributed by atoms with Gasteiger partial charge in [0.2, 0.25) is 0 Å². The highest BCUT2D eigenvalue weighted by molar-refractivity contribution is 6.74. The van der Waals surface area contributed by atoms with E-state index in [9.17, 15) is 35.7 Å². The average molecular weight is 1430 g/mol. The molecular weight excluding hydrogens is 1320 g/mol. The Hall–Kier alpha value is -1.18. The Bertz CT molecular complexity index is 2280. The van der Waals surface area contributed by atoms with Crippen molar-refractivity contribution in [1.82, 2.24) is 0 Å². The molecule has 21 aliphatic heterocycles. The van der Waals surface area contributed by atoms with Crippen LogP contribution in [0.25, 0.3) is 0 Å². The summed E-state index contributed by atoms with van der Waals surface area (Å²) in [4.78, 5) is 0. The normalized spacial score (nSPS) is 46.8. The molecule has 97 heavy (non-hydrogen) atoms. The number of methoxy groups -OCH3 is 13. The lowest BCUT2D eigenvalue weighted by molar-refractivity contribution is -0.402. The van der Waals surface area contributed by atoms with Crippen LogP contribution in [0.1, 0.15) is 20.8 Å². The van der Waals surface area contributed by atoms with Crippen molar-refractivity contribution in [2.75, 3.05) is 139 Å². The Kier molecular flexibility index (Phi) is 30.8. The zero-order valence-electron chi connectivity index (χ0n) is 58.7. The van der Waals surface area contributed by atoms with Gasteiger partial charge in [-0.2, -0.15) is 0 Å². The van der Waals surface area contributed by atoms with Gasteiger partial charge in [-0.25, -0.2) is 0 Å². The van der Waals surface area contributed by atoms with Crippen LogP contribution in [0.5, 0.6) is 0 Å². The Labute approximate surface area is 567 Å². The summed E-state index contributed by atoms with van der Waals surface area (Å²) in [7, 11) is 15.1. The molecule has 7 N–H and O–H groups in total.